The Morgan fingerprint density at radius 3 is 2.70 bits per heavy atom. The lowest BCUT2D eigenvalue weighted by molar-refractivity contribution is 0.102. The number of nitrogens with one attached hydrogen (secondary N) is 1. The van der Waals surface area contributed by atoms with Crippen molar-refractivity contribution in [3.05, 3.63) is 76.3 Å². The number of amides is 1. The molecule has 3 aromatic rings. The van der Waals surface area contributed by atoms with E-state index in [2.05, 4.69) is 10.3 Å². The average molecular weight is 464 g/mol. The third kappa shape index (κ3) is 4.33. The number of hydrogen-bond acceptors (Lipinski definition) is 3. The van der Waals surface area contributed by atoms with E-state index in [1.165, 1.54) is 12.1 Å². The number of hydrogen-bond donors (Lipinski definition) is 1. The Bertz CT molecular complexity index is 1140. The van der Waals surface area contributed by atoms with Crippen LogP contribution < -0.4 is 9.62 Å². The Labute approximate surface area is 185 Å². The van der Waals surface area contributed by atoms with Gasteiger partial charge in [0.2, 0.25) is 0 Å². The summed E-state index contributed by atoms with van der Waals surface area (Å²) in [6.07, 6.45) is 4.08. The second-order valence-corrected chi connectivity index (χ2v) is 9.00. The van der Waals surface area contributed by atoms with Crippen molar-refractivity contribution in [2.45, 2.75) is 6.42 Å². The summed E-state index contributed by atoms with van der Waals surface area (Å²) in [5, 5.41) is 2.84. The Morgan fingerprint density at radius 2 is 2.00 bits per heavy atom. The number of benzene rings is 2. The molecule has 5 nitrogen and oxygen atoms in total. The Kier molecular flexibility index (Phi) is 6.04. The average Bonchev–Trinajstić information content (AvgIpc) is 3.16. The first-order valence-electron chi connectivity index (χ1n) is 9.10. The number of anilines is 2. The van der Waals surface area contributed by atoms with E-state index >= 15 is 0 Å². The van der Waals surface area contributed by atoms with Gasteiger partial charge in [0.1, 0.15) is 16.8 Å². The summed E-state index contributed by atoms with van der Waals surface area (Å²) < 4.78 is 28.1. The zero-order valence-corrected chi connectivity index (χ0v) is 17.9. The topological polar surface area (TPSA) is 62.3 Å². The smallest absolute Gasteiger partial charge is 0.257 e. The van der Waals surface area contributed by atoms with Gasteiger partial charge in [-0.2, -0.15) is 0 Å². The predicted molar refractivity (Wildman–Crippen MR) is 119 cm³/mol. The van der Waals surface area contributed by atoms with Crippen LogP contribution in [0.25, 0.3) is 11.1 Å². The van der Waals surface area contributed by atoms with Crippen molar-refractivity contribution in [3.63, 3.8) is 0 Å². The highest BCUT2D eigenvalue weighted by Gasteiger charge is 2.24. The fourth-order valence-electron chi connectivity index (χ4n) is 3.23. The zero-order valence-electron chi connectivity index (χ0n) is 15.6. The highest BCUT2D eigenvalue weighted by molar-refractivity contribution is 7.86. The summed E-state index contributed by atoms with van der Waals surface area (Å²) in [4.78, 5) is 17.0. The van der Waals surface area contributed by atoms with E-state index in [1.54, 1.807) is 41.0 Å². The second-order valence-electron chi connectivity index (χ2n) is 6.69. The molecule has 1 N–H and O–H groups in total. The highest BCUT2D eigenvalue weighted by Crippen LogP contribution is 2.31. The standard InChI is InChI=1S/C21H16Cl2FN3O2S/c22-15-7-14(13-3-1-4-25-12-13)8-16(9-15)26-21(28)18-10-17(11-19(24)20(18)23)27-5-2-6-30(27)29/h1,3-4,7-12H,2,5-6H2,(H,26,28). The molecule has 154 valence electrons. The molecule has 1 aliphatic heterocycles. The van der Waals surface area contributed by atoms with Crippen LogP contribution in [0.1, 0.15) is 16.8 Å². The van der Waals surface area contributed by atoms with E-state index in [1.807, 2.05) is 6.07 Å². The summed E-state index contributed by atoms with van der Waals surface area (Å²) in [5.74, 6) is -0.832. The van der Waals surface area contributed by atoms with Crippen molar-refractivity contribution >= 4 is 51.5 Å². The second kappa shape index (κ2) is 8.71. The van der Waals surface area contributed by atoms with Gasteiger partial charge in [-0.15, -0.1) is 0 Å². The van der Waals surface area contributed by atoms with Gasteiger partial charge in [0, 0.05) is 41.0 Å². The van der Waals surface area contributed by atoms with Gasteiger partial charge in [0.25, 0.3) is 5.91 Å². The SMILES string of the molecule is O=C(Nc1cc(Cl)cc(-c2cccnc2)c1)c1cc(N2CCCS2=O)cc(F)c1Cl. The minimum atomic E-state index is -1.24. The summed E-state index contributed by atoms with van der Waals surface area (Å²) in [5.41, 5.74) is 2.35. The zero-order chi connectivity index (χ0) is 21.3. The molecule has 1 saturated heterocycles. The van der Waals surface area contributed by atoms with Crippen molar-refractivity contribution in [1.82, 2.24) is 4.98 Å². The summed E-state index contributed by atoms with van der Waals surface area (Å²) in [7, 11) is -1.24. The van der Waals surface area contributed by atoms with Crippen LogP contribution in [0.4, 0.5) is 15.8 Å². The van der Waals surface area contributed by atoms with E-state index in [-0.39, 0.29) is 10.6 Å². The number of pyridine rings is 1. The minimum absolute atomic E-state index is 0.0431. The molecule has 2 heterocycles. The molecular weight excluding hydrogens is 448 g/mol. The number of nitrogens with zero attached hydrogens (tertiary/aromatic N) is 2. The Balaban J connectivity index is 1.65. The molecule has 9 heteroatoms. The molecule has 1 amide bonds. The molecule has 0 saturated carbocycles. The molecule has 0 bridgehead atoms. The first kappa shape index (κ1) is 20.8. The van der Waals surface area contributed by atoms with Gasteiger partial charge < -0.3 is 5.32 Å². The van der Waals surface area contributed by atoms with Crippen LogP contribution >= 0.6 is 23.2 Å². The van der Waals surface area contributed by atoms with Crippen LogP contribution in [-0.2, 0) is 11.0 Å². The van der Waals surface area contributed by atoms with Crippen LogP contribution in [0.3, 0.4) is 0 Å². The fraction of sp³-hybridized carbons (Fsp3) is 0.143. The Morgan fingerprint density at radius 1 is 1.17 bits per heavy atom. The van der Waals surface area contributed by atoms with Crippen LogP contribution in [0.5, 0.6) is 0 Å². The number of carbonyl (C=O) groups is 1. The quantitative estimate of drug-likeness (QED) is 0.569. The molecule has 4 rings (SSSR count). The van der Waals surface area contributed by atoms with Gasteiger partial charge in [0.15, 0.2) is 0 Å². The maximum Gasteiger partial charge on any atom is 0.257 e. The molecule has 1 fully saturated rings. The van der Waals surface area contributed by atoms with Crippen molar-refractivity contribution in [1.29, 1.82) is 0 Å². The molecule has 0 aliphatic carbocycles. The van der Waals surface area contributed by atoms with Crippen molar-refractivity contribution in [2.75, 3.05) is 21.9 Å². The summed E-state index contributed by atoms with van der Waals surface area (Å²) >= 11 is 12.3. The van der Waals surface area contributed by atoms with Crippen LogP contribution in [0.15, 0.2) is 54.9 Å². The molecule has 1 aliphatic rings. The van der Waals surface area contributed by atoms with E-state index in [9.17, 15) is 13.4 Å². The highest BCUT2D eigenvalue weighted by atomic mass is 35.5. The summed E-state index contributed by atoms with van der Waals surface area (Å²) in [6, 6.07) is 11.4. The largest absolute Gasteiger partial charge is 0.322 e. The lowest BCUT2D eigenvalue weighted by Crippen LogP contribution is -2.21. The van der Waals surface area contributed by atoms with Gasteiger partial charge in [-0.3, -0.25) is 14.1 Å². The molecule has 0 spiro atoms. The minimum Gasteiger partial charge on any atom is -0.322 e. The lowest BCUT2D eigenvalue weighted by atomic mass is 10.1. The number of carbonyl (C=O) groups excluding carboxylic acids is 1. The third-order valence-electron chi connectivity index (χ3n) is 4.62. The van der Waals surface area contributed by atoms with E-state index in [0.29, 0.717) is 28.7 Å². The van der Waals surface area contributed by atoms with E-state index in [0.717, 1.165) is 17.5 Å². The van der Waals surface area contributed by atoms with E-state index in [4.69, 9.17) is 23.2 Å². The first-order chi connectivity index (χ1) is 14.4. The van der Waals surface area contributed by atoms with Crippen molar-refractivity contribution in [3.8, 4) is 11.1 Å². The molecule has 30 heavy (non-hydrogen) atoms. The van der Waals surface area contributed by atoms with Gasteiger partial charge in [-0.05, 0) is 48.4 Å². The van der Waals surface area contributed by atoms with Gasteiger partial charge in [0.05, 0.1) is 16.3 Å². The molecule has 1 aromatic heterocycles. The molecular formula is C21H16Cl2FN3O2S. The van der Waals surface area contributed by atoms with Gasteiger partial charge >= 0.3 is 0 Å². The summed E-state index contributed by atoms with van der Waals surface area (Å²) in [6.45, 7) is 0.525. The maximum atomic E-state index is 14.4. The molecule has 2 aromatic carbocycles. The number of halogens is 3. The van der Waals surface area contributed by atoms with Gasteiger partial charge in [-0.1, -0.05) is 29.3 Å². The third-order valence-corrected chi connectivity index (χ3v) is 6.75. The van der Waals surface area contributed by atoms with Crippen molar-refractivity contribution < 1.29 is 13.4 Å². The first-order valence-corrected chi connectivity index (χ1v) is 11.1. The van der Waals surface area contributed by atoms with Gasteiger partial charge in [-0.25, -0.2) is 8.60 Å². The monoisotopic (exact) mass is 463 g/mol. The maximum absolute atomic E-state index is 14.4. The molecule has 0 radical (unpaired) electrons. The molecule has 1 unspecified atom stereocenters. The Hall–Kier alpha value is -2.48. The van der Waals surface area contributed by atoms with Crippen molar-refractivity contribution in [2.24, 2.45) is 0 Å². The normalized spacial score (nSPS) is 16.0. The molecule has 1 atom stereocenters. The number of rotatable bonds is 4. The van der Waals surface area contributed by atoms with Crippen LogP contribution in [0, 0.1) is 5.82 Å². The lowest BCUT2D eigenvalue weighted by Gasteiger charge is -2.18. The number of aromatic nitrogens is 1. The predicted octanol–water partition coefficient (Wildman–Crippen LogP) is 5.32. The van der Waals surface area contributed by atoms with E-state index < -0.39 is 22.7 Å². The van der Waals surface area contributed by atoms with Crippen LogP contribution in [-0.4, -0.2) is 27.4 Å². The van der Waals surface area contributed by atoms with Crippen LogP contribution in [0.2, 0.25) is 10.0 Å². The fourth-order valence-corrected chi connectivity index (χ4v) is 4.93.